The van der Waals surface area contributed by atoms with Gasteiger partial charge in [0, 0.05) is 22.2 Å². The smallest absolute Gasteiger partial charge is 0.336 e. The summed E-state index contributed by atoms with van der Waals surface area (Å²) in [7, 11) is 4.08. The molecule has 0 saturated carbocycles. The molecule has 0 aromatic heterocycles. The number of hydrogen-bond donors (Lipinski definition) is 3. The Morgan fingerprint density at radius 1 is 0.579 bits per heavy atom. The zero-order chi connectivity index (χ0) is 29.3. The highest BCUT2D eigenvalue weighted by atomic mass is 16.4. The van der Waals surface area contributed by atoms with Gasteiger partial charge < -0.3 is 15.3 Å². The van der Waals surface area contributed by atoms with E-state index in [9.17, 15) is 29.7 Å². The molecule has 1 aromatic rings. The molecular weight excluding hydrogens is 484 g/mol. The average molecular weight is 531 g/mol. The molecule has 2 saturated heterocycles. The van der Waals surface area contributed by atoms with Crippen LogP contribution in [0.5, 0.6) is 0 Å². The zero-order valence-electron chi connectivity index (χ0n) is 24.9. The third-order valence-electron chi connectivity index (χ3n) is 9.90. The number of carbonyl (C=O) groups is 3. The number of piperidine rings is 2. The maximum Gasteiger partial charge on any atom is 0.336 e. The van der Waals surface area contributed by atoms with Crippen molar-refractivity contribution >= 4 is 17.9 Å². The minimum Gasteiger partial charge on any atom is -0.478 e. The van der Waals surface area contributed by atoms with Gasteiger partial charge in [-0.1, -0.05) is 0 Å². The Labute approximate surface area is 227 Å². The average Bonchev–Trinajstić information content (AvgIpc) is 2.72. The first-order valence-corrected chi connectivity index (χ1v) is 13.4. The third-order valence-corrected chi connectivity index (χ3v) is 9.90. The van der Waals surface area contributed by atoms with Crippen molar-refractivity contribution in [3.05, 3.63) is 33.4 Å². The second-order valence-corrected chi connectivity index (χ2v) is 14.1. The lowest BCUT2D eigenvalue weighted by Gasteiger charge is -2.55. The lowest BCUT2D eigenvalue weighted by atomic mass is 9.65. The number of rotatable bonds is 5. The Bertz CT molecular complexity index is 1060. The van der Waals surface area contributed by atoms with Gasteiger partial charge in [0.2, 0.25) is 0 Å². The standard InChI is InChI=1S/C30H46N2O6/c1-16-19(24(33)34)21(17-12-27(2,3)31(10)28(4,5)13-17)23(26(37)38)22(20(16)25(35)36)18-14-29(6,7)32(11)30(8,9)15-18/h17-18H,12-15H2,1-11H3,(H,33,34)(H,35,36)(H,37,38). The van der Waals surface area contributed by atoms with E-state index in [0.717, 1.165) is 0 Å². The van der Waals surface area contributed by atoms with E-state index in [-0.39, 0.29) is 67.4 Å². The molecule has 2 fully saturated rings. The zero-order valence-corrected chi connectivity index (χ0v) is 24.9. The number of likely N-dealkylation sites (tertiary alicyclic amines) is 2. The van der Waals surface area contributed by atoms with Crippen LogP contribution in [-0.4, -0.2) is 79.3 Å². The van der Waals surface area contributed by atoms with E-state index < -0.39 is 17.9 Å². The van der Waals surface area contributed by atoms with Crippen LogP contribution in [0.1, 0.15) is 141 Å². The van der Waals surface area contributed by atoms with E-state index in [2.05, 4.69) is 65.2 Å². The monoisotopic (exact) mass is 530 g/mol. The van der Waals surface area contributed by atoms with E-state index in [1.165, 1.54) is 6.92 Å². The molecule has 3 rings (SSSR count). The number of benzene rings is 1. The van der Waals surface area contributed by atoms with Gasteiger partial charge in [-0.2, -0.15) is 0 Å². The van der Waals surface area contributed by atoms with Gasteiger partial charge in [0.1, 0.15) is 0 Å². The molecule has 0 radical (unpaired) electrons. The van der Waals surface area contributed by atoms with Gasteiger partial charge in [-0.15, -0.1) is 0 Å². The quantitative estimate of drug-likeness (QED) is 0.436. The first-order valence-electron chi connectivity index (χ1n) is 13.4. The van der Waals surface area contributed by atoms with Crippen molar-refractivity contribution in [3.63, 3.8) is 0 Å². The number of aromatic carboxylic acids is 3. The van der Waals surface area contributed by atoms with Crippen molar-refractivity contribution < 1.29 is 29.7 Å². The van der Waals surface area contributed by atoms with Crippen LogP contribution in [0, 0.1) is 6.92 Å². The maximum absolute atomic E-state index is 13.2. The highest BCUT2D eigenvalue weighted by Gasteiger charge is 2.49. The molecule has 2 heterocycles. The molecule has 0 bridgehead atoms. The Morgan fingerprint density at radius 2 is 0.816 bits per heavy atom. The number of carboxylic acids is 3. The predicted molar refractivity (Wildman–Crippen MR) is 148 cm³/mol. The molecule has 0 spiro atoms. The van der Waals surface area contributed by atoms with Crippen LogP contribution in [0.15, 0.2) is 0 Å². The van der Waals surface area contributed by atoms with Crippen LogP contribution in [0.2, 0.25) is 0 Å². The summed E-state index contributed by atoms with van der Waals surface area (Å²) in [6.45, 7) is 18.2. The summed E-state index contributed by atoms with van der Waals surface area (Å²) in [6.07, 6.45) is 2.23. The van der Waals surface area contributed by atoms with Crippen LogP contribution in [-0.2, 0) is 0 Å². The van der Waals surface area contributed by atoms with E-state index >= 15 is 0 Å². The second kappa shape index (κ2) is 9.33. The summed E-state index contributed by atoms with van der Waals surface area (Å²) in [5.74, 6) is -4.55. The lowest BCUT2D eigenvalue weighted by Crippen LogP contribution is -2.58. The molecule has 212 valence electrons. The Kier molecular flexibility index (Phi) is 7.39. The number of carboxylic acid groups (broad SMARTS) is 3. The largest absolute Gasteiger partial charge is 0.478 e. The van der Waals surface area contributed by atoms with Gasteiger partial charge >= 0.3 is 17.9 Å². The fourth-order valence-corrected chi connectivity index (χ4v) is 7.67. The SMILES string of the molecule is Cc1c(C(=O)O)c(C2CC(C)(C)N(C)C(C)(C)C2)c(C(=O)O)c(C2CC(C)(C)N(C)C(C)(C)C2)c1C(=O)O. The van der Waals surface area contributed by atoms with Gasteiger partial charge in [0.05, 0.1) is 16.7 Å². The van der Waals surface area contributed by atoms with Crippen molar-refractivity contribution in [2.24, 2.45) is 0 Å². The van der Waals surface area contributed by atoms with Crippen molar-refractivity contribution in [1.82, 2.24) is 9.80 Å². The van der Waals surface area contributed by atoms with Crippen LogP contribution in [0.25, 0.3) is 0 Å². The van der Waals surface area contributed by atoms with E-state index in [4.69, 9.17) is 0 Å². The fourth-order valence-electron chi connectivity index (χ4n) is 7.67. The first-order chi connectivity index (χ1) is 17.1. The fraction of sp³-hybridized carbons (Fsp3) is 0.700. The van der Waals surface area contributed by atoms with Gasteiger partial charge in [-0.3, -0.25) is 9.80 Å². The molecule has 3 N–H and O–H groups in total. The highest BCUT2D eigenvalue weighted by molar-refractivity contribution is 6.05. The molecule has 8 heteroatoms. The third kappa shape index (κ3) is 4.86. The molecular formula is C30H46N2O6. The van der Waals surface area contributed by atoms with Gasteiger partial charge in [0.25, 0.3) is 0 Å². The number of hydrogen-bond acceptors (Lipinski definition) is 5. The van der Waals surface area contributed by atoms with E-state index in [1.54, 1.807) is 0 Å². The summed E-state index contributed by atoms with van der Waals surface area (Å²) in [5.41, 5.74) is -1.05. The normalized spacial score (nSPS) is 23.8. The topological polar surface area (TPSA) is 118 Å². The van der Waals surface area contributed by atoms with Crippen LogP contribution in [0.3, 0.4) is 0 Å². The summed E-state index contributed by atoms with van der Waals surface area (Å²) >= 11 is 0. The summed E-state index contributed by atoms with van der Waals surface area (Å²) in [5, 5.41) is 31.5. The minimum absolute atomic E-state index is 0.118. The molecule has 0 aliphatic carbocycles. The maximum atomic E-state index is 13.2. The summed E-state index contributed by atoms with van der Waals surface area (Å²) in [6, 6.07) is 0. The van der Waals surface area contributed by atoms with Gasteiger partial charge in [-0.05, 0) is 131 Å². The van der Waals surface area contributed by atoms with Crippen molar-refractivity contribution in [3.8, 4) is 0 Å². The molecule has 38 heavy (non-hydrogen) atoms. The molecule has 2 aliphatic rings. The highest BCUT2D eigenvalue weighted by Crippen LogP contribution is 2.51. The molecule has 1 aromatic carbocycles. The van der Waals surface area contributed by atoms with Crippen LogP contribution < -0.4 is 0 Å². The summed E-state index contributed by atoms with van der Waals surface area (Å²) < 4.78 is 0. The van der Waals surface area contributed by atoms with Crippen LogP contribution in [0.4, 0.5) is 0 Å². The van der Waals surface area contributed by atoms with Crippen molar-refractivity contribution in [2.75, 3.05) is 14.1 Å². The van der Waals surface area contributed by atoms with Crippen molar-refractivity contribution in [1.29, 1.82) is 0 Å². The van der Waals surface area contributed by atoms with Gasteiger partial charge in [0.15, 0.2) is 0 Å². The lowest BCUT2D eigenvalue weighted by molar-refractivity contribution is -0.0144. The van der Waals surface area contributed by atoms with E-state index in [1.807, 2.05) is 14.1 Å². The predicted octanol–water partition coefficient (Wildman–Crippen LogP) is 5.82. The Morgan fingerprint density at radius 3 is 1.03 bits per heavy atom. The van der Waals surface area contributed by atoms with E-state index in [0.29, 0.717) is 25.7 Å². The van der Waals surface area contributed by atoms with Gasteiger partial charge in [-0.25, -0.2) is 14.4 Å². The Hall–Kier alpha value is -2.45. The summed E-state index contributed by atoms with van der Waals surface area (Å²) in [4.78, 5) is 43.2. The molecule has 0 amide bonds. The Balaban J connectivity index is 2.47. The molecule has 0 unspecified atom stereocenters. The van der Waals surface area contributed by atoms with Crippen LogP contribution >= 0.6 is 0 Å². The van der Waals surface area contributed by atoms with Crippen molar-refractivity contribution in [2.45, 2.75) is 122 Å². The first kappa shape index (κ1) is 30.1. The molecule has 8 nitrogen and oxygen atoms in total. The number of nitrogens with zero attached hydrogens (tertiary/aromatic N) is 2. The molecule has 0 atom stereocenters. The molecule has 2 aliphatic heterocycles. The second-order valence-electron chi connectivity index (χ2n) is 14.1. The minimum atomic E-state index is -1.28.